The third kappa shape index (κ3) is 9.79. The second-order valence-corrected chi connectivity index (χ2v) is 20.9. The molecule has 358 valence electrons. The van der Waals surface area contributed by atoms with Crippen molar-refractivity contribution in [2.45, 2.75) is 77.0 Å². The van der Waals surface area contributed by atoms with Crippen molar-refractivity contribution in [2.24, 2.45) is 17.3 Å². The summed E-state index contributed by atoms with van der Waals surface area (Å²) in [6.07, 6.45) is 5.51. The number of halogens is 2. The van der Waals surface area contributed by atoms with E-state index >= 15 is 8.78 Å². The molecule has 1 unspecified atom stereocenters. The number of nitrogens with one attached hydrogen (secondary N) is 4. The number of nitrogens with zero attached hydrogens (tertiary/aromatic N) is 8. The summed E-state index contributed by atoms with van der Waals surface area (Å²) in [4.78, 5) is 72.4. The first kappa shape index (κ1) is 45.3. The molecule has 1 spiro atoms. The first-order chi connectivity index (χ1) is 32.3. The minimum atomic E-state index is -0.628. The summed E-state index contributed by atoms with van der Waals surface area (Å²) in [5.74, 6) is 0.870. The van der Waals surface area contributed by atoms with E-state index in [-0.39, 0.29) is 41.8 Å². The summed E-state index contributed by atoms with van der Waals surface area (Å²) < 4.78 is 31.2. The Hall–Kier alpha value is -5.46. The molecule has 0 radical (unpaired) electrons. The molecule has 0 bridgehead atoms. The van der Waals surface area contributed by atoms with Crippen molar-refractivity contribution in [3.05, 3.63) is 71.1 Å². The molecular formula is C49H64F2N12O4. The average molecular weight is 923 g/mol. The highest BCUT2D eigenvalue weighted by molar-refractivity contribution is 6.06. The number of hydrogen-bond acceptors (Lipinski definition) is 13. The van der Waals surface area contributed by atoms with E-state index in [2.05, 4.69) is 64.7 Å². The third-order valence-electron chi connectivity index (χ3n) is 15.7. The summed E-state index contributed by atoms with van der Waals surface area (Å²) in [6, 6.07) is 9.65. The van der Waals surface area contributed by atoms with Crippen LogP contribution < -0.4 is 31.1 Å². The summed E-state index contributed by atoms with van der Waals surface area (Å²) >= 11 is 0. The molecule has 7 aliphatic rings. The van der Waals surface area contributed by atoms with Crippen LogP contribution in [-0.4, -0.2) is 156 Å². The molecule has 1 aromatic heterocycles. The first-order valence-corrected chi connectivity index (χ1v) is 24.3. The summed E-state index contributed by atoms with van der Waals surface area (Å²) in [5.41, 5.74) is 2.66. The van der Waals surface area contributed by atoms with E-state index < -0.39 is 29.1 Å². The number of amides is 4. The lowest BCUT2D eigenvalue weighted by Gasteiger charge is -2.48. The number of piperazine rings is 1. The van der Waals surface area contributed by atoms with Crippen LogP contribution in [0.15, 0.2) is 42.7 Å². The van der Waals surface area contributed by atoms with Gasteiger partial charge in [-0.15, -0.1) is 0 Å². The Balaban J connectivity index is 0.653. The van der Waals surface area contributed by atoms with Gasteiger partial charge in [0, 0.05) is 126 Å². The molecule has 3 aromatic rings. The van der Waals surface area contributed by atoms with Crippen molar-refractivity contribution in [3.8, 4) is 0 Å². The SMILES string of the molecule is CC1(C)CCN(Cc2cc(F)c(N3CC(=O)NC4(CCN(c5cc(NCCN6C[C@@H]7CN(CCNc8cccc9c8CN(C8CCC(=O)NC8=O)C9=O)C[C@@H]7C6)ncn5)CC4)C3)cc2F)CC1. The molecule has 6 saturated heterocycles. The molecule has 4 N–H and O–H groups in total. The number of hydrogen-bond donors (Lipinski definition) is 4. The van der Waals surface area contributed by atoms with Gasteiger partial charge in [-0.1, -0.05) is 19.9 Å². The first-order valence-electron chi connectivity index (χ1n) is 24.3. The van der Waals surface area contributed by atoms with Gasteiger partial charge >= 0.3 is 0 Å². The van der Waals surface area contributed by atoms with Crippen LogP contribution in [0.25, 0.3) is 0 Å². The van der Waals surface area contributed by atoms with E-state index in [1.54, 1.807) is 16.1 Å². The van der Waals surface area contributed by atoms with Crippen LogP contribution in [0.2, 0.25) is 0 Å². The van der Waals surface area contributed by atoms with Gasteiger partial charge in [0.1, 0.15) is 35.6 Å². The number of likely N-dealkylation sites (tertiary alicyclic amines) is 3. The van der Waals surface area contributed by atoms with Crippen LogP contribution in [0.3, 0.4) is 0 Å². The van der Waals surface area contributed by atoms with E-state index in [9.17, 15) is 19.2 Å². The maximum absolute atomic E-state index is 15.7. The molecule has 7 aliphatic heterocycles. The van der Waals surface area contributed by atoms with Crippen molar-refractivity contribution >= 4 is 46.6 Å². The Kier molecular flexibility index (Phi) is 12.6. The zero-order valence-corrected chi connectivity index (χ0v) is 38.8. The molecule has 67 heavy (non-hydrogen) atoms. The smallest absolute Gasteiger partial charge is 0.255 e. The van der Waals surface area contributed by atoms with Crippen LogP contribution >= 0.6 is 0 Å². The van der Waals surface area contributed by atoms with Gasteiger partial charge < -0.3 is 40.4 Å². The third-order valence-corrected chi connectivity index (χ3v) is 15.7. The van der Waals surface area contributed by atoms with Crippen molar-refractivity contribution in [2.75, 3.05) is 112 Å². The van der Waals surface area contributed by atoms with Gasteiger partial charge in [-0.3, -0.25) is 29.4 Å². The van der Waals surface area contributed by atoms with E-state index in [0.717, 1.165) is 101 Å². The van der Waals surface area contributed by atoms with E-state index in [1.807, 2.05) is 24.3 Å². The van der Waals surface area contributed by atoms with Crippen molar-refractivity contribution in [3.63, 3.8) is 0 Å². The highest BCUT2D eigenvalue weighted by Crippen LogP contribution is 2.36. The van der Waals surface area contributed by atoms with Crippen molar-refractivity contribution < 1.29 is 28.0 Å². The largest absolute Gasteiger partial charge is 0.383 e. The molecule has 0 saturated carbocycles. The summed E-state index contributed by atoms with van der Waals surface area (Å²) in [5, 5.41) is 12.7. The highest BCUT2D eigenvalue weighted by atomic mass is 19.1. The predicted molar refractivity (Wildman–Crippen MR) is 251 cm³/mol. The number of anilines is 4. The quantitative estimate of drug-likeness (QED) is 0.185. The standard InChI is InChI=1S/C49H64F2N12O4/c1-48(2)8-14-58(15-9-48)23-32-20-38(51)41(21-37(32)50)62-29-45(65)57-49(30-62)10-16-61(17-11-49)43-22-42(54-31-55-43)53-13-19-60-26-33-24-59(25-34(33)27-60)18-12-52-39-5-3-4-35-36(39)28-63(47(35)67)40-6-7-44(64)56-46(40)66/h3-5,20-22,31,33-34,40,52H,6-19,23-30H2,1-2H3,(H,57,65)(H,53,54,55)(H,56,64,66)/t33-,34+,40?. The second kappa shape index (κ2) is 18.6. The minimum Gasteiger partial charge on any atom is -0.383 e. The Bertz CT molecular complexity index is 2370. The predicted octanol–water partition coefficient (Wildman–Crippen LogP) is 3.50. The van der Waals surface area contributed by atoms with Gasteiger partial charge in [0.05, 0.1) is 17.8 Å². The molecule has 2 aromatic carbocycles. The number of benzene rings is 2. The fourth-order valence-electron chi connectivity index (χ4n) is 11.7. The zero-order valence-electron chi connectivity index (χ0n) is 38.8. The van der Waals surface area contributed by atoms with E-state index in [0.29, 0.717) is 74.9 Å². The van der Waals surface area contributed by atoms with Crippen LogP contribution in [0.1, 0.15) is 73.9 Å². The highest BCUT2D eigenvalue weighted by Gasteiger charge is 2.44. The zero-order chi connectivity index (χ0) is 46.5. The second-order valence-electron chi connectivity index (χ2n) is 20.9. The number of rotatable bonds is 13. The maximum Gasteiger partial charge on any atom is 0.255 e. The molecule has 18 heteroatoms. The molecule has 4 amide bonds. The Morgan fingerprint density at radius 1 is 0.776 bits per heavy atom. The minimum absolute atomic E-state index is 0.0152. The Labute approximate surface area is 391 Å². The lowest BCUT2D eigenvalue weighted by molar-refractivity contribution is -0.137. The van der Waals surface area contributed by atoms with Gasteiger partial charge in [0.2, 0.25) is 17.7 Å². The molecular weight excluding hydrogens is 859 g/mol. The summed E-state index contributed by atoms with van der Waals surface area (Å²) in [7, 11) is 0. The van der Waals surface area contributed by atoms with Crippen LogP contribution in [0.4, 0.5) is 31.8 Å². The lowest BCUT2D eigenvalue weighted by Crippen LogP contribution is -2.66. The fraction of sp³-hybridized carbons (Fsp3) is 0.592. The van der Waals surface area contributed by atoms with Crippen molar-refractivity contribution in [1.29, 1.82) is 0 Å². The van der Waals surface area contributed by atoms with Crippen LogP contribution in [-0.2, 0) is 27.5 Å². The Morgan fingerprint density at radius 3 is 2.21 bits per heavy atom. The average Bonchev–Trinajstić information content (AvgIpc) is 3.97. The normalized spacial score (nSPS) is 25.4. The van der Waals surface area contributed by atoms with Gasteiger partial charge in [-0.05, 0) is 80.6 Å². The number of carbonyl (C=O) groups excluding carboxylic acids is 4. The number of imide groups is 1. The molecule has 8 heterocycles. The summed E-state index contributed by atoms with van der Waals surface area (Å²) in [6.45, 7) is 16.2. The van der Waals surface area contributed by atoms with Gasteiger partial charge in [0.15, 0.2) is 0 Å². The topological polar surface area (TPSA) is 162 Å². The monoisotopic (exact) mass is 923 g/mol. The fourth-order valence-corrected chi connectivity index (χ4v) is 11.7. The number of carbonyl (C=O) groups is 4. The lowest BCUT2D eigenvalue weighted by atomic mass is 9.82. The van der Waals surface area contributed by atoms with E-state index in [4.69, 9.17) is 0 Å². The molecule has 16 nitrogen and oxygen atoms in total. The number of fused-ring (bicyclic) bond motifs is 2. The number of aromatic nitrogens is 2. The van der Waals surface area contributed by atoms with Crippen molar-refractivity contribution in [1.82, 2.24) is 40.2 Å². The van der Waals surface area contributed by atoms with Crippen LogP contribution in [0, 0.1) is 28.9 Å². The van der Waals surface area contributed by atoms with Crippen LogP contribution in [0.5, 0.6) is 0 Å². The number of piperidine rings is 3. The molecule has 0 aliphatic carbocycles. The molecule has 10 rings (SSSR count). The molecule has 3 atom stereocenters. The maximum atomic E-state index is 15.7. The van der Waals surface area contributed by atoms with Gasteiger partial charge in [-0.25, -0.2) is 18.7 Å². The van der Waals surface area contributed by atoms with E-state index in [1.165, 1.54) is 12.1 Å². The van der Waals surface area contributed by atoms with Gasteiger partial charge in [0.25, 0.3) is 5.91 Å². The van der Waals surface area contributed by atoms with Gasteiger partial charge in [-0.2, -0.15) is 0 Å². The molecule has 6 fully saturated rings. The Morgan fingerprint density at radius 2 is 1.49 bits per heavy atom.